The monoisotopic (exact) mass is 398 g/mol. The number of aromatic amines is 1. The van der Waals surface area contributed by atoms with E-state index < -0.39 is 10.2 Å². The first-order valence-electron chi connectivity index (χ1n) is 8.51. The van der Waals surface area contributed by atoms with E-state index in [1.54, 1.807) is 6.07 Å². The molecule has 142 valence electrons. The van der Waals surface area contributed by atoms with Crippen molar-refractivity contribution in [1.29, 1.82) is 0 Å². The summed E-state index contributed by atoms with van der Waals surface area (Å²) in [5.41, 5.74) is 1.95. The number of hydrogen-bond donors (Lipinski definition) is 3. The minimum absolute atomic E-state index is 0. The van der Waals surface area contributed by atoms with Crippen molar-refractivity contribution in [3.05, 3.63) is 40.7 Å². The lowest BCUT2D eigenvalue weighted by atomic mass is 9.60. The second-order valence-electron chi connectivity index (χ2n) is 7.32. The number of nitrogens with zero attached hydrogens (tertiary/aromatic N) is 1. The van der Waals surface area contributed by atoms with Gasteiger partial charge in [-0.2, -0.15) is 13.1 Å². The summed E-state index contributed by atoms with van der Waals surface area (Å²) in [6.07, 6.45) is 3.68. The van der Waals surface area contributed by atoms with Crippen LogP contribution in [0.3, 0.4) is 0 Å². The van der Waals surface area contributed by atoms with E-state index in [0.29, 0.717) is 0 Å². The number of piperidine rings is 1. The summed E-state index contributed by atoms with van der Waals surface area (Å²) in [7, 11) is -3.62. The molecule has 1 saturated carbocycles. The van der Waals surface area contributed by atoms with Gasteiger partial charge in [0.1, 0.15) is 0 Å². The lowest BCUT2D eigenvalue weighted by Gasteiger charge is -2.52. The van der Waals surface area contributed by atoms with Crippen LogP contribution >= 0.6 is 12.4 Å². The first kappa shape index (κ1) is 19.2. The van der Waals surface area contributed by atoms with E-state index in [-0.39, 0.29) is 29.4 Å². The van der Waals surface area contributed by atoms with Crippen molar-refractivity contribution in [3.8, 4) is 0 Å². The average molecular weight is 399 g/mol. The number of halogens is 1. The molecule has 2 heterocycles. The number of para-hydroxylation sites is 1. The number of pyridine rings is 1. The quantitative estimate of drug-likeness (QED) is 0.727. The number of nitrogens with two attached hydrogens (primary N) is 1. The number of hydrogen-bond acceptors (Lipinski definition) is 4. The molecular weight excluding hydrogens is 376 g/mol. The summed E-state index contributed by atoms with van der Waals surface area (Å²) in [6, 6.07) is 9.47. The molecule has 2 aliphatic rings. The molecule has 1 aliphatic carbocycles. The van der Waals surface area contributed by atoms with Gasteiger partial charge in [0.2, 0.25) is 5.56 Å². The largest absolute Gasteiger partial charge is 0.371 e. The second kappa shape index (κ2) is 6.84. The zero-order valence-corrected chi connectivity index (χ0v) is 15.9. The summed E-state index contributed by atoms with van der Waals surface area (Å²) >= 11 is 0. The molecule has 0 atom stereocenters. The number of nitrogens with one attached hydrogen (secondary N) is 2. The number of benzene rings is 1. The van der Waals surface area contributed by atoms with Gasteiger partial charge in [0.05, 0.1) is 11.2 Å². The fraction of sp³-hybridized carbons (Fsp3) is 0.471. The van der Waals surface area contributed by atoms with E-state index in [1.807, 2.05) is 24.3 Å². The van der Waals surface area contributed by atoms with E-state index in [2.05, 4.69) is 14.6 Å². The third kappa shape index (κ3) is 3.73. The molecule has 0 unspecified atom stereocenters. The second-order valence-corrected chi connectivity index (χ2v) is 8.65. The molecular formula is C17H23ClN4O3S. The van der Waals surface area contributed by atoms with Gasteiger partial charge in [-0.3, -0.25) is 4.79 Å². The fourth-order valence-corrected chi connectivity index (χ4v) is 5.01. The van der Waals surface area contributed by atoms with Gasteiger partial charge in [-0.15, -0.1) is 12.4 Å². The molecule has 0 bridgehead atoms. The Morgan fingerprint density at radius 3 is 2.50 bits per heavy atom. The molecule has 1 saturated heterocycles. The minimum atomic E-state index is -3.62. The lowest BCUT2D eigenvalue weighted by molar-refractivity contribution is 0.0638. The smallest absolute Gasteiger partial charge is 0.274 e. The Hall–Kier alpha value is -1.61. The zero-order valence-electron chi connectivity index (χ0n) is 14.3. The van der Waals surface area contributed by atoms with Crippen LogP contribution in [0.5, 0.6) is 0 Å². The highest BCUT2D eigenvalue weighted by molar-refractivity contribution is 7.87. The number of rotatable bonds is 3. The Labute approximate surface area is 158 Å². The van der Waals surface area contributed by atoms with Crippen LogP contribution in [0, 0.1) is 5.41 Å². The Bertz CT molecular complexity index is 959. The highest BCUT2D eigenvalue weighted by Gasteiger charge is 2.46. The SMILES string of the molecule is Cl.NS(=O)(=O)NC1CC2(CCN(c3cc(=O)[nH]c4ccccc34)CC2)C1. The molecule has 1 spiro atoms. The van der Waals surface area contributed by atoms with Gasteiger partial charge in [-0.05, 0) is 37.2 Å². The standard InChI is InChI=1S/C17H22N4O3S.ClH/c18-25(23,24)20-12-10-17(11-12)5-7-21(8-6-17)15-9-16(22)19-14-4-2-1-3-13(14)15;/h1-4,9,12,20H,5-8,10-11H2,(H,19,22)(H2,18,23,24);1H. The van der Waals surface area contributed by atoms with Crippen LogP contribution in [0.2, 0.25) is 0 Å². The summed E-state index contributed by atoms with van der Waals surface area (Å²) in [5, 5.41) is 6.11. The topological polar surface area (TPSA) is 108 Å². The first-order valence-corrected chi connectivity index (χ1v) is 10.1. The van der Waals surface area contributed by atoms with Gasteiger partial charge in [-0.25, -0.2) is 5.14 Å². The van der Waals surface area contributed by atoms with Gasteiger partial charge in [0, 0.05) is 30.6 Å². The van der Waals surface area contributed by atoms with Crippen molar-refractivity contribution in [2.75, 3.05) is 18.0 Å². The molecule has 2 aromatic rings. The maximum Gasteiger partial charge on any atom is 0.274 e. The van der Waals surface area contributed by atoms with E-state index in [9.17, 15) is 13.2 Å². The molecule has 26 heavy (non-hydrogen) atoms. The summed E-state index contributed by atoms with van der Waals surface area (Å²) in [6.45, 7) is 1.74. The van der Waals surface area contributed by atoms with Crippen LogP contribution in [0.25, 0.3) is 10.9 Å². The van der Waals surface area contributed by atoms with E-state index >= 15 is 0 Å². The maximum absolute atomic E-state index is 12.0. The van der Waals surface area contributed by atoms with Crippen molar-refractivity contribution in [3.63, 3.8) is 0 Å². The van der Waals surface area contributed by atoms with Crippen LogP contribution < -0.4 is 20.3 Å². The van der Waals surface area contributed by atoms with Crippen LogP contribution in [0.4, 0.5) is 5.69 Å². The summed E-state index contributed by atoms with van der Waals surface area (Å²) in [4.78, 5) is 17.1. The van der Waals surface area contributed by atoms with Crippen LogP contribution in [0.1, 0.15) is 25.7 Å². The van der Waals surface area contributed by atoms with Gasteiger partial charge in [0.15, 0.2) is 0 Å². The van der Waals surface area contributed by atoms with Crippen molar-refractivity contribution in [1.82, 2.24) is 9.71 Å². The molecule has 0 radical (unpaired) electrons. The predicted octanol–water partition coefficient (Wildman–Crippen LogP) is 1.49. The third-order valence-corrected chi connectivity index (χ3v) is 6.25. The maximum atomic E-state index is 12.0. The van der Waals surface area contributed by atoms with Gasteiger partial charge in [0.25, 0.3) is 10.2 Å². The van der Waals surface area contributed by atoms with Crippen LogP contribution in [-0.4, -0.2) is 32.5 Å². The van der Waals surface area contributed by atoms with Gasteiger partial charge in [-0.1, -0.05) is 18.2 Å². The van der Waals surface area contributed by atoms with E-state index in [1.165, 1.54) is 0 Å². The van der Waals surface area contributed by atoms with Gasteiger partial charge < -0.3 is 9.88 Å². The molecule has 4 rings (SSSR count). The fourth-order valence-electron chi connectivity index (χ4n) is 4.38. The molecule has 7 nitrogen and oxygen atoms in total. The zero-order chi connectivity index (χ0) is 17.7. The first-order chi connectivity index (χ1) is 11.8. The Morgan fingerprint density at radius 1 is 1.19 bits per heavy atom. The molecule has 9 heteroatoms. The lowest BCUT2D eigenvalue weighted by Crippen LogP contribution is -2.55. The molecule has 1 aliphatic heterocycles. The van der Waals surface area contributed by atoms with Gasteiger partial charge >= 0.3 is 0 Å². The van der Waals surface area contributed by atoms with Crippen molar-refractivity contribution in [2.45, 2.75) is 31.7 Å². The highest BCUT2D eigenvalue weighted by Crippen LogP contribution is 2.49. The Balaban J connectivity index is 0.00000196. The molecule has 2 fully saturated rings. The Kier molecular flexibility index (Phi) is 5.04. The highest BCUT2D eigenvalue weighted by atomic mass is 35.5. The van der Waals surface area contributed by atoms with Crippen molar-refractivity contribution in [2.24, 2.45) is 10.6 Å². The molecule has 1 aromatic heterocycles. The summed E-state index contributed by atoms with van der Waals surface area (Å²) < 4.78 is 24.7. The van der Waals surface area contributed by atoms with E-state index in [0.717, 1.165) is 55.4 Å². The normalized spacial score (nSPS) is 20.0. The molecule has 1 aromatic carbocycles. The number of aromatic nitrogens is 1. The predicted molar refractivity (Wildman–Crippen MR) is 105 cm³/mol. The number of H-pyrrole nitrogens is 1. The Morgan fingerprint density at radius 2 is 1.85 bits per heavy atom. The minimum Gasteiger partial charge on any atom is -0.371 e. The number of fused-ring (bicyclic) bond motifs is 1. The van der Waals surface area contributed by atoms with Crippen LogP contribution in [-0.2, 0) is 10.2 Å². The van der Waals surface area contributed by atoms with Crippen LogP contribution in [0.15, 0.2) is 35.1 Å². The number of anilines is 1. The van der Waals surface area contributed by atoms with Crippen molar-refractivity contribution >= 4 is 39.2 Å². The summed E-state index contributed by atoms with van der Waals surface area (Å²) in [5.74, 6) is 0. The third-order valence-electron chi connectivity index (χ3n) is 5.58. The molecule has 0 amide bonds. The average Bonchev–Trinajstić information content (AvgIpc) is 2.52. The van der Waals surface area contributed by atoms with Crippen molar-refractivity contribution < 1.29 is 8.42 Å². The molecule has 4 N–H and O–H groups in total. The van der Waals surface area contributed by atoms with E-state index in [4.69, 9.17) is 5.14 Å².